The predicted molar refractivity (Wildman–Crippen MR) is 88.6 cm³/mol. The topological polar surface area (TPSA) is 18.5 Å². The second kappa shape index (κ2) is 7.14. The lowest BCUT2D eigenvalue weighted by atomic mass is 10.1. The van der Waals surface area contributed by atoms with Gasteiger partial charge in [-0.05, 0) is 42.7 Å². The molecule has 1 atom stereocenters. The molecule has 0 spiro atoms. The quantitative estimate of drug-likeness (QED) is 0.679. The smallest absolute Gasteiger partial charge is 0.160 e. The summed E-state index contributed by atoms with van der Waals surface area (Å²) >= 11 is 5.66. The van der Waals surface area contributed by atoms with E-state index in [1.165, 1.54) is 15.3 Å². The van der Waals surface area contributed by atoms with Gasteiger partial charge in [0, 0.05) is 9.75 Å². The molecule has 2 aromatic rings. The average molecular weight is 355 g/mol. The van der Waals surface area contributed by atoms with E-state index in [-0.39, 0.29) is 0 Å². The SMILES string of the molecule is CCc1ccc(C(Br)Cc2ccc(OC)c(OC)c2)s1. The minimum Gasteiger partial charge on any atom is -0.493 e. The number of ether oxygens (including phenoxy) is 2. The Labute approximate surface area is 132 Å². The fraction of sp³-hybridized carbons (Fsp3) is 0.375. The molecule has 0 aliphatic heterocycles. The van der Waals surface area contributed by atoms with E-state index in [0.717, 1.165) is 24.3 Å². The number of hydrogen-bond acceptors (Lipinski definition) is 3. The molecule has 0 N–H and O–H groups in total. The Morgan fingerprint density at radius 3 is 2.45 bits per heavy atom. The summed E-state index contributed by atoms with van der Waals surface area (Å²) in [5.74, 6) is 1.55. The van der Waals surface area contributed by atoms with Crippen molar-refractivity contribution in [1.29, 1.82) is 0 Å². The Morgan fingerprint density at radius 1 is 1.10 bits per heavy atom. The van der Waals surface area contributed by atoms with Gasteiger partial charge >= 0.3 is 0 Å². The van der Waals surface area contributed by atoms with Gasteiger partial charge in [-0.25, -0.2) is 0 Å². The second-order valence-corrected chi connectivity index (χ2v) is 6.82. The van der Waals surface area contributed by atoms with Gasteiger partial charge in [-0.2, -0.15) is 0 Å². The summed E-state index contributed by atoms with van der Waals surface area (Å²) in [6, 6.07) is 10.5. The lowest BCUT2D eigenvalue weighted by Gasteiger charge is -2.12. The highest BCUT2D eigenvalue weighted by Crippen LogP contribution is 2.35. The van der Waals surface area contributed by atoms with Gasteiger partial charge < -0.3 is 9.47 Å². The van der Waals surface area contributed by atoms with Gasteiger partial charge in [-0.15, -0.1) is 11.3 Å². The Kier molecular flexibility index (Phi) is 5.49. The Balaban J connectivity index is 2.12. The molecule has 2 nitrogen and oxygen atoms in total. The summed E-state index contributed by atoms with van der Waals surface area (Å²) in [5, 5.41) is 0. The van der Waals surface area contributed by atoms with E-state index < -0.39 is 0 Å². The van der Waals surface area contributed by atoms with Crippen molar-refractivity contribution >= 4 is 27.3 Å². The highest BCUT2D eigenvalue weighted by Gasteiger charge is 2.13. The molecule has 0 aliphatic rings. The maximum atomic E-state index is 5.35. The maximum Gasteiger partial charge on any atom is 0.160 e. The third-order valence-electron chi connectivity index (χ3n) is 3.20. The number of benzene rings is 1. The van der Waals surface area contributed by atoms with Crippen LogP contribution in [0.4, 0.5) is 0 Å². The standard InChI is InChI=1S/C16H19BrO2S/c1-4-12-6-8-16(20-12)13(17)9-11-5-7-14(18-2)15(10-11)19-3/h5-8,10,13H,4,9H2,1-3H3. The molecule has 0 fully saturated rings. The van der Waals surface area contributed by atoms with Gasteiger partial charge in [0.15, 0.2) is 11.5 Å². The first-order valence-electron chi connectivity index (χ1n) is 6.61. The molecule has 0 bridgehead atoms. The van der Waals surface area contributed by atoms with E-state index in [0.29, 0.717) is 4.83 Å². The summed E-state index contributed by atoms with van der Waals surface area (Å²) in [7, 11) is 3.32. The van der Waals surface area contributed by atoms with Crippen LogP contribution in [0.1, 0.15) is 27.1 Å². The van der Waals surface area contributed by atoms with Gasteiger partial charge in [0.05, 0.1) is 19.0 Å². The molecule has 20 heavy (non-hydrogen) atoms. The zero-order valence-electron chi connectivity index (χ0n) is 12.0. The highest BCUT2D eigenvalue weighted by molar-refractivity contribution is 9.09. The molecule has 0 saturated heterocycles. The lowest BCUT2D eigenvalue weighted by molar-refractivity contribution is 0.354. The highest BCUT2D eigenvalue weighted by atomic mass is 79.9. The molecule has 1 unspecified atom stereocenters. The number of thiophene rings is 1. The van der Waals surface area contributed by atoms with E-state index in [2.05, 4.69) is 41.1 Å². The summed E-state index contributed by atoms with van der Waals surface area (Å²) in [6.45, 7) is 2.19. The van der Waals surface area contributed by atoms with Crippen LogP contribution in [0.2, 0.25) is 0 Å². The van der Waals surface area contributed by atoms with Gasteiger partial charge in [0.2, 0.25) is 0 Å². The molecule has 1 aromatic carbocycles. The van der Waals surface area contributed by atoms with E-state index in [9.17, 15) is 0 Å². The Morgan fingerprint density at radius 2 is 1.85 bits per heavy atom. The van der Waals surface area contributed by atoms with Crippen LogP contribution in [0.5, 0.6) is 11.5 Å². The lowest BCUT2D eigenvalue weighted by Crippen LogP contribution is -1.96. The summed E-state index contributed by atoms with van der Waals surface area (Å²) in [5.41, 5.74) is 1.23. The van der Waals surface area contributed by atoms with Crippen LogP contribution in [-0.2, 0) is 12.8 Å². The molecule has 0 amide bonds. The number of rotatable bonds is 6. The molecular weight excluding hydrogens is 336 g/mol. The Bertz CT molecular complexity index is 565. The normalized spacial score (nSPS) is 12.2. The third-order valence-corrected chi connectivity index (χ3v) is 5.67. The van der Waals surface area contributed by atoms with Crippen LogP contribution < -0.4 is 9.47 Å². The number of halogens is 1. The fourth-order valence-electron chi connectivity index (χ4n) is 2.07. The average Bonchev–Trinajstić information content (AvgIpc) is 2.96. The van der Waals surface area contributed by atoms with Crippen LogP contribution in [0, 0.1) is 0 Å². The first-order valence-corrected chi connectivity index (χ1v) is 8.34. The molecule has 2 rings (SSSR count). The van der Waals surface area contributed by atoms with Crippen molar-refractivity contribution in [2.75, 3.05) is 14.2 Å². The van der Waals surface area contributed by atoms with Crippen molar-refractivity contribution in [3.05, 3.63) is 45.6 Å². The van der Waals surface area contributed by atoms with Gasteiger partial charge in [-0.3, -0.25) is 0 Å². The summed E-state index contributed by atoms with van der Waals surface area (Å²) in [6.07, 6.45) is 2.03. The molecule has 0 radical (unpaired) electrons. The van der Waals surface area contributed by atoms with Crippen molar-refractivity contribution in [3.8, 4) is 11.5 Å². The van der Waals surface area contributed by atoms with Crippen molar-refractivity contribution in [2.24, 2.45) is 0 Å². The number of methoxy groups -OCH3 is 2. The van der Waals surface area contributed by atoms with Crippen molar-refractivity contribution in [3.63, 3.8) is 0 Å². The van der Waals surface area contributed by atoms with Crippen molar-refractivity contribution in [1.82, 2.24) is 0 Å². The van der Waals surface area contributed by atoms with Crippen molar-refractivity contribution in [2.45, 2.75) is 24.6 Å². The van der Waals surface area contributed by atoms with Gasteiger partial charge in [0.25, 0.3) is 0 Å². The number of alkyl halides is 1. The van der Waals surface area contributed by atoms with E-state index in [4.69, 9.17) is 9.47 Å². The molecule has 108 valence electrons. The monoisotopic (exact) mass is 354 g/mol. The minimum atomic E-state index is 0.339. The third kappa shape index (κ3) is 3.55. The van der Waals surface area contributed by atoms with Crippen molar-refractivity contribution < 1.29 is 9.47 Å². The predicted octanol–water partition coefficient (Wildman–Crippen LogP) is 5.01. The maximum absolute atomic E-state index is 5.35. The second-order valence-electron chi connectivity index (χ2n) is 4.52. The molecular formula is C16H19BrO2S. The molecule has 0 saturated carbocycles. The number of hydrogen-bond donors (Lipinski definition) is 0. The van der Waals surface area contributed by atoms with E-state index >= 15 is 0 Å². The zero-order chi connectivity index (χ0) is 14.5. The molecule has 1 heterocycles. The Hall–Kier alpha value is -1.00. The number of aryl methyl sites for hydroxylation is 1. The van der Waals surface area contributed by atoms with E-state index in [1.54, 1.807) is 14.2 Å². The van der Waals surface area contributed by atoms with Crippen LogP contribution in [-0.4, -0.2) is 14.2 Å². The molecule has 4 heteroatoms. The minimum absolute atomic E-state index is 0.339. The largest absolute Gasteiger partial charge is 0.493 e. The summed E-state index contributed by atoms with van der Waals surface area (Å²) < 4.78 is 10.6. The van der Waals surface area contributed by atoms with E-state index in [1.807, 2.05) is 23.5 Å². The summed E-state index contributed by atoms with van der Waals surface area (Å²) in [4.78, 5) is 3.14. The molecule has 1 aromatic heterocycles. The molecule has 0 aliphatic carbocycles. The van der Waals surface area contributed by atoms with Crippen LogP contribution in [0.15, 0.2) is 30.3 Å². The zero-order valence-corrected chi connectivity index (χ0v) is 14.4. The fourth-order valence-corrected chi connectivity index (χ4v) is 3.81. The van der Waals surface area contributed by atoms with Crippen LogP contribution >= 0.6 is 27.3 Å². The van der Waals surface area contributed by atoms with Gasteiger partial charge in [0.1, 0.15) is 0 Å². The first-order chi connectivity index (χ1) is 9.67. The first kappa shape index (κ1) is 15.4. The van der Waals surface area contributed by atoms with Crippen LogP contribution in [0.3, 0.4) is 0 Å². The van der Waals surface area contributed by atoms with Gasteiger partial charge in [-0.1, -0.05) is 28.9 Å². The van der Waals surface area contributed by atoms with Crippen LogP contribution in [0.25, 0.3) is 0 Å².